The smallest absolute Gasteiger partial charge is 0.269 e. The van der Waals surface area contributed by atoms with Gasteiger partial charge in [0.1, 0.15) is 0 Å². The highest BCUT2D eigenvalue weighted by Gasteiger charge is 2.28. The molecule has 30 heavy (non-hydrogen) atoms. The molecule has 6 heteroatoms. The van der Waals surface area contributed by atoms with Crippen molar-refractivity contribution in [1.82, 2.24) is 15.1 Å². The third-order valence-corrected chi connectivity index (χ3v) is 6.39. The van der Waals surface area contributed by atoms with E-state index in [1.54, 1.807) is 12.3 Å². The Kier molecular flexibility index (Phi) is 6.82. The highest BCUT2D eigenvalue weighted by atomic mass is 16.2. The Bertz CT molecular complexity index is 888. The van der Waals surface area contributed by atoms with Crippen molar-refractivity contribution in [2.45, 2.75) is 64.0 Å². The number of hydrogen-bond donors (Lipinski definition) is 1. The number of rotatable bonds is 5. The van der Waals surface area contributed by atoms with Crippen LogP contribution in [0.25, 0.3) is 0 Å². The van der Waals surface area contributed by atoms with Crippen LogP contribution in [0, 0.1) is 5.92 Å². The van der Waals surface area contributed by atoms with E-state index in [0.29, 0.717) is 19.1 Å². The maximum absolute atomic E-state index is 12.9. The van der Waals surface area contributed by atoms with E-state index in [0.717, 1.165) is 43.5 Å². The van der Waals surface area contributed by atoms with Gasteiger partial charge in [-0.25, -0.2) is 4.68 Å². The zero-order valence-corrected chi connectivity index (χ0v) is 17.6. The van der Waals surface area contributed by atoms with Gasteiger partial charge in [-0.1, -0.05) is 56.0 Å². The number of carbonyl (C=O) groups excluding carboxylic acids is 1. The Morgan fingerprint density at radius 2 is 1.80 bits per heavy atom. The zero-order chi connectivity index (χ0) is 20.8. The summed E-state index contributed by atoms with van der Waals surface area (Å²) in [4.78, 5) is 27.6. The van der Waals surface area contributed by atoms with Crippen LogP contribution < -0.4 is 15.8 Å². The first-order valence-electron chi connectivity index (χ1n) is 11.4. The fourth-order valence-electron chi connectivity index (χ4n) is 4.64. The molecule has 1 saturated heterocycles. The zero-order valence-electron chi connectivity index (χ0n) is 17.6. The van der Waals surface area contributed by atoms with E-state index in [9.17, 15) is 9.59 Å². The first kappa shape index (κ1) is 20.6. The maximum atomic E-state index is 12.9. The Morgan fingerprint density at radius 3 is 2.53 bits per heavy atom. The molecule has 1 amide bonds. The molecule has 2 aromatic rings. The monoisotopic (exact) mass is 408 g/mol. The Morgan fingerprint density at radius 1 is 1.03 bits per heavy atom. The van der Waals surface area contributed by atoms with Gasteiger partial charge in [-0.15, -0.1) is 0 Å². The normalized spacial score (nSPS) is 20.5. The minimum atomic E-state index is -0.110. The summed E-state index contributed by atoms with van der Waals surface area (Å²) in [5, 5.41) is 7.69. The first-order valence-corrected chi connectivity index (χ1v) is 11.4. The molecule has 1 aromatic carbocycles. The molecule has 4 rings (SSSR count). The molecule has 2 heterocycles. The van der Waals surface area contributed by atoms with Crippen molar-refractivity contribution in [3.05, 3.63) is 58.5 Å². The minimum absolute atomic E-state index is 0.0197. The summed E-state index contributed by atoms with van der Waals surface area (Å²) >= 11 is 0. The number of aromatic nitrogens is 2. The van der Waals surface area contributed by atoms with Gasteiger partial charge in [0.15, 0.2) is 0 Å². The van der Waals surface area contributed by atoms with Crippen molar-refractivity contribution in [3.63, 3.8) is 0 Å². The largest absolute Gasteiger partial charge is 0.369 e. The van der Waals surface area contributed by atoms with Crippen molar-refractivity contribution < 1.29 is 4.79 Å². The van der Waals surface area contributed by atoms with Crippen LogP contribution in [0.1, 0.15) is 56.9 Å². The van der Waals surface area contributed by atoms with Crippen LogP contribution in [0.2, 0.25) is 0 Å². The van der Waals surface area contributed by atoms with Crippen LogP contribution in [0.3, 0.4) is 0 Å². The molecular weight excluding hydrogens is 376 g/mol. The second-order valence-corrected chi connectivity index (χ2v) is 8.68. The number of hydrogen-bond acceptors (Lipinski definition) is 4. The third kappa shape index (κ3) is 5.29. The number of nitrogens with zero attached hydrogens (tertiary/aromatic N) is 3. The van der Waals surface area contributed by atoms with E-state index in [2.05, 4.69) is 15.3 Å². The van der Waals surface area contributed by atoms with Gasteiger partial charge in [-0.2, -0.15) is 5.10 Å². The third-order valence-electron chi connectivity index (χ3n) is 6.39. The van der Waals surface area contributed by atoms with Gasteiger partial charge in [0.2, 0.25) is 5.91 Å². The van der Waals surface area contributed by atoms with Gasteiger partial charge >= 0.3 is 0 Å². The Balaban J connectivity index is 1.38. The van der Waals surface area contributed by atoms with E-state index in [4.69, 9.17) is 0 Å². The van der Waals surface area contributed by atoms with E-state index < -0.39 is 0 Å². The Labute approximate surface area is 178 Å². The van der Waals surface area contributed by atoms with E-state index in [1.807, 2.05) is 30.3 Å². The topological polar surface area (TPSA) is 67.2 Å². The average molecular weight is 409 g/mol. The summed E-state index contributed by atoms with van der Waals surface area (Å²) in [6, 6.07) is 11.8. The number of carbonyl (C=O) groups is 1. The molecule has 6 nitrogen and oxygen atoms in total. The van der Waals surface area contributed by atoms with Gasteiger partial charge < -0.3 is 10.2 Å². The standard InChI is InChI=1S/C24H32N4O2/c29-23-15-22(16-25-28(23)17-19-9-4-3-5-10-19)27-14-8-11-20(18-27)24(30)26-21-12-6-1-2-7-13-21/h3-5,9-10,15-16,20-21H,1-2,6-8,11-14,17-18H2,(H,26,30). The van der Waals surface area contributed by atoms with Crippen molar-refractivity contribution in [2.24, 2.45) is 5.92 Å². The van der Waals surface area contributed by atoms with Gasteiger partial charge in [-0.3, -0.25) is 9.59 Å². The van der Waals surface area contributed by atoms with Crippen LogP contribution in [-0.2, 0) is 11.3 Å². The van der Waals surface area contributed by atoms with E-state index >= 15 is 0 Å². The molecule has 1 saturated carbocycles. The number of nitrogens with one attached hydrogen (secondary N) is 1. The van der Waals surface area contributed by atoms with Crippen LogP contribution in [-0.4, -0.2) is 34.8 Å². The fraction of sp³-hybridized carbons (Fsp3) is 0.542. The van der Waals surface area contributed by atoms with Crippen LogP contribution in [0.5, 0.6) is 0 Å². The number of anilines is 1. The second-order valence-electron chi connectivity index (χ2n) is 8.68. The molecule has 0 bridgehead atoms. The second kappa shape index (κ2) is 9.92. The summed E-state index contributed by atoms with van der Waals surface area (Å²) < 4.78 is 1.49. The number of amides is 1. The molecule has 1 aliphatic carbocycles. The predicted molar refractivity (Wildman–Crippen MR) is 119 cm³/mol. The number of piperidine rings is 1. The molecule has 0 spiro atoms. The highest BCUT2D eigenvalue weighted by Crippen LogP contribution is 2.23. The predicted octanol–water partition coefficient (Wildman–Crippen LogP) is 3.35. The summed E-state index contributed by atoms with van der Waals surface area (Å²) in [7, 11) is 0. The molecular formula is C24H32N4O2. The number of benzene rings is 1. The van der Waals surface area contributed by atoms with Gasteiger partial charge in [0, 0.05) is 25.2 Å². The van der Waals surface area contributed by atoms with Crippen LogP contribution in [0.15, 0.2) is 47.4 Å². The molecule has 1 aliphatic heterocycles. The fourth-order valence-corrected chi connectivity index (χ4v) is 4.64. The molecule has 160 valence electrons. The van der Waals surface area contributed by atoms with Crippen molar-refractivity contribution in [1.29, 1.82) is 0 Å². The summed E-state index contributed by atoms with van der Waals surface area (Å²) in [5.41, 5.74) is 1.76. The quantitative estimate of drug-likeness (QED) is 0.771. The Hall–Kier alpha value is -2.63. The minimum Gasteiger partial charge on any atom is -0.369 e. The maximum Gasteiger partial charge on any atom is 0.269 e. The lowest BCUT2D eigenvalue weighted by atomic mass is 9.96. The van der Waals surface area contributed by atoms with E-state index in [1.165, 1.54) is 30.4 Å². The molecule has 0 radical (unpaired) electrons. The SMILES string of the molecule is O=C(NC1CCCCCC1)C1CCCN(c2cnn(Cc3ccccc3)c(=O)c2)C1. The van der Waals surface area contributed by atoms with Crippen LogP contribution >= 0.6 is 0 Å². The molecule has 1 unspecified atom stereocenters. The molecule has 2 fully saturated rings. The van der Waals surface area contributed by atoms with Crippen molar-refractivity contribution in [2.75, 3.05) is 18.0 Å². The summed E-state index contributed by atoms with van der Waals surface area (Å²) in [5.74, 6) is 0.158. The molecule has 1 aromatic heterocycles. The first-order chi connectivity index (χ1) is 14.7. The van der Waals surface area contributed by atoms with Gasteiger partial charge in [-0.05, 0) is 31.2 Å². The molecule has 1 N–H and O–H groups in total. The van der Waals surface area contributed by atoms with E-state index in [-0.39, 0.29) is 17.4 Å². The van der Waals surface area contributed by atoms with Gasteiger partial charge in [0.25, 0.3) is 5.56 Å². The van der Waals surface area contributed by atoms with Crippen molar-refractivity contribution in [3.8, 4) is 0 Å². The lowest BCUT2D eigenvalue weighted by molar-refractivity contribution is -0.126. The van der Waals surface area contributed by atoms with Gasteiger partial charge in [0.05, 0.1) is 24.3 Å². The highest BCUT2D eigenvalue weighted by molar-refractivity contribution is 5.80. The average Bonchev–Trinajstić information content (AvgIpc) is 3.04. The lowest BCUT2D eigenvalue weighted by Crippen LogP contribution is -2.46. The molecule has 2 aliphatic rings. The van der Waals surface area contributed by atoms with Crippen molar-refractivity contribution >= 4 is 11.6 Å². The van der Waals surface area contributed by atoms with Crippen LogP contribution in [0.4, 0.5) is 5.69 Å². The lowest BCUT2D eigenvalue weighted by Gasteiger charge is -2.34. The summed E-state index contributed by atoms with van der Waals surface area (Å²) in [6.45, 7) is 1.98. The summed E-state index contributed by atoms with van der Waals surface area (Å²) in [6.07, 6.45) is 10.8. The molecule has 1 atom stereocenters.